The van der Waals surface area contributed by atoms with E-state index in [1.165, 1.54) is 0 Å². The van der Waals surface area contributed by atoms with Crippen molar-refractivity contribution in [2.45, 2.75) is 13.0 Å². The molecule has 0 fully saturated rings. The van der Waals surface area contributed by atoms with E-state index in [0.29, 0.717) is 17.7 Å². The number of aromatic nitrogens is 1. The zero-order chi connectivity index (χ0) is 13.6. The number of benzene rings is 1. The predicted molar refractivity (Wildman–Crippen MR) is 74.6 cm³/mol. The van der Waals surface area contributed by atoms with Gasteiger partial charge in [0.25, 0.3) is 0 Å². The fourth-order valence-electron chi connectivity index (χ4n) is 2.52. The maximum Gasteiger partial charge on any atom is 0.249 e. The molecule has 0 spiro atoms. The second-order valence-electron chi connectivity index (χ2n) is 4.48. The molecule has 1 heterocycles. The van der Waals surface area contributed by atoms with Crippen LogP contribution in [-0.2, 0) is 13.0 Å². The topological polar surface area (TPSA) is 76.2 Å². The van der Waals surface area contributed by atoms with Gasteiger partial charge in [-0.3, -0.25) is 9.78 Å². The van der Waals surface area contributed by atoms with Gasteiger partial charge < -0.3 is 10.8 Å². The molecular formula is C14H11BrN2O2. The Labute approximate surface area is 118 Å². The van der Waals surface area contributed by atoms with E-state index in [0.717, 1.165) is 26.7 Å². The number of rotatable bonds is 2. The standard InChI is InChI=1S/C14H11BrN2O2/c15-12-2-1-9(14(16)19)10-4-7-3-8(6-18)17-5-11(7)13(10)12/h1-3,5,18H,4,6H2,(H2,16,19). The van der Waals surface area contributed by atoms with Crippen LogP contribution in [0, 0.1) is 0 Å². The van der Waals surface area contributed by atoms with Crippen molar-refractivity contribution >= 4 is 21.8 Å². The second kappa shape index (κ2) is 4.43. The molecule has 1 aliphatic carbocycles. The number of fused-ring (bicyclic) bond motifs is 3. The molecule has 0 radical (unpaired) electrons. The minimum absolute atomic E-state index is 0.0898. The Bertz CT molecular complexity index is 698. The number of nitrogens with zero attached hydrogens (tertiary/aromatic N) is 1. The first-order valence-electron chi connectivity index (χ1n) is 5.82. The fraction of sp³-hybridized carbons (Fsp3) is 0.143. The first-order valence-corrected chi connectivity index (χ1v) is 6.61. The summed E-state index contributed by atoms with van der Waals surface area (Å²) < 4.78 is 0.921. The SMILES string of the molecule is NC(=O)c1ccc(Br)c2c1Cc1cc(CO)ncc1-2. The summed E-state index contributed by atoms with van der Waals surface area (Å²) >= 11 is 3.51. The summed E-state index contributed by atoms with van der Waals surface area (Å²) in [5.74, 6) is -0.424. The first kappa shape index (κ1) is 12.3. The van der Waals surface area contributed by atoms with Gasteiger partial charge in [0.2, 0.25) is 5.91 Å². The minimum Gasteiger partial charge on any atom is -0.390 e. The van der Waals surface area contributed by atoms with Crippen LogP contribution in [0.5, 0.6) is 0 Å². The average Bonchev–Trinajstić information content (AvgIpc) is 2.77. The molecule has 0 atom stereocenters. The van der Waals surface area contributed by atoms with Crippen LogP contribution in [0.1, 0.15) is 27.2 Å². The van der Waals surface area contributed by atoms with Gasteiger partial charge in [0.15, 0.2) is 0 Å². The number of primary amides is 1. The number of aliphatic hydroxyl groups excluding tert-OH is 1. The monoisotopic (exact) mass is 318 g/mol. The smallest absolute Gasteiger partial charge is 0.249 e. The van der Waals surface area contributed by atoms with Crippen molar-refractivity contribution in [1.82, 2.24) is 4.98 Å². The maximum atomic E-state index is 11.5. The number of hydrogen-bond acceptors (Lipinski definition) is 3. The van der Waals surface area contributed by atoms with Crippen molar-refractivity contribution in [3.05, 3.63) is 51.3 Å². The van der Waals surface area contributed by atoms with Crippen LogP contribution in [0.25, 0.3) is 11.1 Å². The Morgan fingerprint density at radius 1 is 1.47 bits per heavy atom. The van der Waals surface area contributed by atoms with E-state index >= 15 is 0 Å². The third-order valence-corrected chi connectivity index (χ3v) is 4.03. The number of halogens is 1. The number of aliphatic hydroxyl groups is 1. The van der Waals surface area contributed by atoms with E-state index in [4.69, 9.17) is 10.8 Å². The largest absolute Gasteiger partial charge is 0.390 e. The Hall–Kier alpha value is -1.72. The number of pyridine rings is 1. The molecule has 3 N–H and O–H groups in total. The van der Waals surface area contributed by atoms with Gasteiger partial charge >= 0.3 is 0 Å². The predicted octanol–water partition coefficient (Wildman–Crippen LogP) is 2.01. The van der Waals surface area contributed by atoms with Gasteiger partial charge in [-0.05, 0) is 35.7 Å². The molecule has 0 saturated heterocycles. The highest BCUT2D eigenvalue weighted by atomic mass is 79.9. The first-order chi connectivity index (χ1) is 9.11. The summed E-state index contributed by atoms with van der Waals surface area (Å²) in [6.07, 6.45) is 2.38. The van der Waals surface area contributed by atoms with Crippen molar-refractivity contribution in [2.75, 3.05) is 0 Å². The van der Waals surface area contributed by atoms with Crippen LogP contribution in [0.15, 0.2) is 28.9 Å². The number of nitrogens with two attached hydrogens (primary N) is 1. The van der Waals surface area contributed by atoms with Crippen molar-refractivity contribution in [2.24, 2.45) is 5.73 Å². The zero-order valence-electron chi connectivity index (χ0n) is 9.98. The second-order valence-corrected chi connectivity index (χ2v) is 5.33. The van der Waals surface area contributed by atoms with Crippen molar-refractivity contribution in [3.63, 3.8) is 0 Å². The van der Waals surface area contributed by atoms with Gasteiger partial charge in [-0.25, -0.2) is 0 Å². The Kier molecular flexibility index (Phi) is 2.88. The highest BCUT2D eigenvalue weighted by Gasteiger charge is 2.25. The average molecular weight is 319 g/mol. The third kappa shape index (κ3) is 1.86. The lowest BCUT2D eigenvalue weighted by atomic mass is 10.0. The molecule has 1 aromatic heterocycles. The van der Waals surface area contributed by atoms with Gasteiger partial charge in [0.1, 0.15) is 0 Å². The van der Waals surface area contributed by atoms with Crippen LogP contribution in [-0.4, -0.2) is 16.0 Å². The van der Waals surface area contributed by atoms with Gasteiger partial charge in [-0.2, -0.15) is 0 Å². The van der Waals surface area contributed by atoms with Gasteiger partial charge in [-0.15, -0.1) is 0 Å². The molecule has 4 nitrogen and oxygen atoms in total. The van der Waals surface area contributed by atoms with Crippen molar-refractivity contribution in [3.8, 4) is 11.1 Å². The molecule has 2 aromatic rings. The maximum absolute atomic E-state index is 11.5. The molecule has 0 unspecified atom stereocenters. The van der Waals surface area contributed by atoms with Gasteiger partial charge in [0.05, 0.1) is 12.3 Å². The Morgan fingerprint density at radius 3 is 2.95 bits per heavy atom. The molecule has 19 heavy (non-hydrogen) atoms. The van der Waals surface area contributed by atoms with Gasteiger partial charge in [-0.1, -0.05) is 15.9 Å². The van der Waals surface area contributed by atoms with Crippen LogP contribution in [0.4, 0.5) is 0 Å². The highest BCUT2D eigenvalue weighted by molar-refractivity contribution is 9.10. The molecular weight excluding hydrogens is 308 g/mol. The highest BCUT2D eigenvalue weighted by Crippen LogP contribution is 2.42. The molecule has 1 aromatic carbocycles. The quantitative estimate of drug-likeness (QED) is 0.758. The number of hydrogen-bond donors (Lipinski definition) is 2. The fourth-order valence-corrected chi connectivity index (χ4v) is 3.10. The van der Waals surface area contributed by atoms with Crippen LogP contribution in [0.3, 0.4) is 0 Å². The van der Waals surface area contributed by atoms with Crippen LogP contribution in [0.2, 0.25) is 0 Å². The normalized spacial score (nSPS) is 12.1. The van der Waals surface area contributed by atoms with Crippen molar-refractivity contribution < 1.29 is 9.90 Å². The van der Waals surface area contributed by atoms with E-state index in [1.54, 1.807) is 12.3 Å². The molecule has 1 amide bonds. The molecule has 3 rings (SSSR count). The summed E-state index contributed by atoms with van der Waals surface area (Å²) in [6, 6.07) is 5.43. The zero-order valence-corrected chi connectivity index (χ0v) is 11.6. The van der Waals surface area contributed by atoms with E-state index in [9.17, 15) is 4.79 Å². The van der Waals surface area contributed by atoms with Gasteiger partial charge in [0, 0.05) is 27.4 Å². The lowest BCUT2D eigenvalue weighted by molar-refractivity contribution is 0.0999. The number of carbonyl (C=O) groups excluding carboxylic acids is 1. The Balaban J connectivity index is 2.25. The van der Waals surface area contributed by atoms with E-state index in [1.807, 2.05) is 12.1 Å². The van der Waals surface area contributed by atoms with E-state index < -0.39 is 5.91 Å². The summed E-state index contributed by atoms with van der Waals surface area (Å²) in [6.45, 7) is -0.0898. The van der Waals surface area contributed by atoms with Crippen LogP contribution >= 0.6 is 15.9 Å². The Morgan fingerprint density at radius 2 is 2.26 bits per heavy atom. The molecule has 0 saturated carbocycles. The molecule has 5 heteroatoms. The summed E-state index contributed by atoms with van der Waals surface area (Å²) in [5.41, 5.74) is 10.5. The number of carbonyl (C=O) groups is 1. The third-order valence-electron chi connectivity index (χ3n) is 3.37. The molecule has 0 bridgehead atoms. The number of amides is 1. The minimum atomic E-state index is -0.424. The molecule has 96 valence electrons. The van der Waals surface area contributed by atoms with E-state index in [-0.39, 0.29) is 6.61 Å². The summed E-state index contributed by atoms with van der Waals surface area (Å²) in [5, 5.41) is 9.14. The van der Waals surface area contributed by atoms with Crippen LogP contribution < -0.4 is 5.73 Å². The lowest BCUT2D eigenvalue weighted by Crippen LogP contribution is -2.13. The van der Waals surface area contributed by atoms with E-state index in [2.05, 4.69) is 20.9 Å². The summed E-state index contributed by atoms with van der Waals surface area (Å²) in [4.78, 5) is 15.7. The molecule has 1 aliphatic rings. The molecule has 0 aliphatic heterocycles. The van der Waals surface area contributed by atoms with Crippen molar-refractivity contribution in [1.29, 1.82) is 0 Å². The lowest BCUT2D eigenvalue weighted by Gasteiger charge is -2.07. The summed E-state index contributed by atoms with van der Waals surface area (Å²) in [7, 11) is 0.